The van der Waals surface area contributed by atoms with Crippen LogP contribution in [0.3, 0.4) is 0 Å². The zero-order chi connectivity index (χ0) is 19.3. The van der Waals surface area contributed by atoms with E-state index in [0.29, 0.717) is 6.54 Å². The smallest absolute Gasteiger partial charge is 0.317 e. The highest BCUT2D eigenvalue weighted by atomic mass is 16.3. The molecule has 0 radical (unpaired) electrons. The Morgan fingerprint density at radius 2 is 2.14 bits per heavy atom. The lowest BCUT2D eigenvalue weighted by atomic mass is 9.82. The van der Waals surface area contributed by atoms with Gasteiger partial charge in [0.05, 0.1) is 11.2 Å². The van der Waals surface area contributed by atoms with Gasteiger partial charge in [0.25, 0.3) is 0 Å². The molecule has 2 aliphatic heterocycles. The molecular formula is C21H23N5O2. The Hall–Kier alpha value is -3.09. The number of benzene rings is 1. The number of nitrogens with zero attached hydrogens (tertiary/aromatic N) is 4. The molecule has 1 aromatic carbocycles. The highest BCUT2D eigenvalue weighted by molar-refractivity contribution is 5.88. The predicted octanol–water partition coefficient (Wildman–Crippen LogP) is 2.88. The van der Waals surface area contributed by atoms with Crippen LogP contribution in [0.4, 0.5) is 4.79 Å². The van der Waals surface area contributed by atoms with Gasteiger partial charge in [0.2, 0.25) is 0 Å². The molecule has 0 bridgehead atoms. The number of urea groups is 1. The number of hydrogen-bond donors (Lipinski definition) is 2. The SMILES string of the molecule is CCNC(=O)N1CCC2(CCn3nc(-c4cnc5cccc(O)c5c4)cc32)C1. The van der Waals surface area contributed by atoms with Gasteiger partial charge in [-0.2, -0.15) is 5.10 Å². The number of carbonyl (C=O) groups is 1. The normalized spacial score (nSPS) is 20.8. The molecule has 5 rings (SSSR count). The third kappa shape index (κ3) is 2.53. The van der Waals surface area contributed by atoms with Crippen LogP contribution in [0.2, 0.25) is 0 Å². The Morgan fingerprint density at radius 3 is 3.00 bits per heavy atom. The molecule has 1 saturated heterocycles. The van der Waals surface area contributed by atoms with E-state index in [4.69, 9.17) is 5.10 Å². The minimum atomic E-state index is -0.0112. The van der Waals surface area contributed by atoms with Crippen LogP contribution in [0, 0.1) is 0 Å². The van der Waals surface area contributed by atoms with Crippen LogP contribution in [0.1, 0.15) is 25.5 Å². The van der Waals surface area contributed by atoms with Crippen LogP contribution in [-0.4, -0.2) is 50.4 Å². The summed E-state index contributed by atoms with van der Waals surface area (Å²) < 4.78 is 2.08. The lowest BCUT2D eigenvalue weighted by Crippen LogP contribution is -2.40. The highest BCUT2D eigenvalue weighted by Crippen LogP contribution is 2.44. The maximum Gasteiger partial charge on any atom is 0.317 e. The van der Waals surface area contributed by atoms with Crippen molar-refractivity contribution in [3.8, 4) is 17.0 Å². The molecule has 1 unspecified atom stereocenters. The molecule has 7 nitrogen and oxygen atoms in total. The maximum atomic E-state index is 12.2. The number of rotatable bonds is 2. The summed E-state index contributed by atoms with van der Waals surface area (Å²) >= 11 is 0. The minimum absolute atomic E-state index is 0.0112. The molecule has 2 aliphatic rings. The van der Waals surface area contributed by atoms with Gasteiger partial charge in [0.15, 0.2) is 0 Å². The van der Waals surface area contributed by atoms with Crippen molar-refractivity contribution >= 4 is 16.9 Å². The fraction of sp³-hybridized carbons (Fsp3) is 0.381. The summed E-state index contributed by atoms with van der Waals surface area (Å²) in [5.41, 5.74) is 3.71. The summed E-state index contributed by atoms with van der Waals surface area (Å²) in [6, 6.07) is 9.45. The summed E-state index contributed by atoms with van der Waals surface area (Å²) in [7, 11) is 0. The van der Waals surface area contributed by atoms with Crippen LogP contribution in [-0.2, 0) is 12.0 Å². The first kappa shape index (κ1) is 17.0. The number of carbonyl (C=O) groups excluding carboxylic acids is 1. The second-order valence-electron chi connectivity index (χ2n) is 7.74. The molecule has 1 fully saturated rings. The van der Waals surface area contributed by atoms with Crippen molar-refractivity contribution in [2.45, 2.75) is 31.7 Å². The van der Waals surface area contributed by atoms with Gasteiger partial charge < -0.3 is 15.3 Å². The van der Waals surface area contributed by atoms with Crippen molar-refractivity contribution in [2.24, 2.45) is 0 Å². The molecule has 3 aromatic rings. The Kier molecular flexibility index (Phi) is 3.79. The Bertz CT molecular complexity index is 1080. The molecule has 2 aromatic heterocycles. The van der Waals surface area contributed by atoms with Gasteiger partial charge in [-0.3, -0.25) is 9.67 Å². The van der Waals surface area contributed by atoms with E-state index in [1.807, 2.05) is 30.2 Å². The number of phenolic OH excluding ortho intramolecular Hbond substituents is 1. The Balaban J connectivity index is 1.48. The summed E-state index contributed by atoms with van der Waals surface area (Å²) in [4.78, 5) is 18.6. The van der Waals surface area contributed by atoms with E-state index in [1.54, 1.807) is 12.1 Å². The average Bonchev–Trinajstić information content (AvgIpc) is 3.39. The number of aromatic nitrogens is 3. The van der Waals surface area contributed by atoms with E-state index in [2.05, 4.69) is 21.0 Å². The number of phenols is 1. The number of amides is 2. The van der Waals surface area contributed by atoms with Crippen molar-refractivity contribution in [3.63, 3.8) is 0 Å². The van der Waals surface area contributed by atoms with Crippen molar-refractivity contribution in [1.29, 1.82) is 0 Å². The van der Waals surface area contributed by atoms with Gasteiger partial charge >= 0.3 is 6.03 Å². The molecular weight excluding hydrogens is 354 g/mol. The van der Waals surface area contributed by atoms with Crippen molar-refractivity contribution in [2.75, 3.05) is 19.6 Å². The minimum Gasteiger partial charge on any atom is -0.507 e. The summed E-state index contributed by atoms with van der Waals surface area (Å²) in [6.07, 6.45) is 3.79. The van der Waals surface area contributed by atoms with Crippen molar-refractivity contribution in [1.82, 2.24) is 25.0 Å². The maximum absolute atomic E-state index is 12.2. The molecule has 4 heterocycles. The second-order valence-corrected chi connectivity index (χ2v) is 7.74. The summed E-state index contributed by atoms with van der Waals surface area (Å²) in [5, 5.41) is 18.6. The molecule has 144 valence electrons. The van der Waals surface area contributed by atoms with E-state index in [0.717, 1.165) is 54.6 Å². The van der Waals surface area contributed by atoms with Gasteiger partial charge in [-0.15, -0.1) is 0 Å². The largest absolute Gasteiger partial charge is 0.507 e. The summed E-state index contributed by atoms with van der Waals surface area (Å²) in [6.45, 7) is 4.96. The topological polar surface area (TPSA) is 83.3 Å². The number of aryl methyl sites for hydroxylation is 1. The third-order valence-corrected chi connectivity index (χ3v) is 6.09. The molecule has 0 saturated carbocycles. The summed E-state index contributed by atoms with van der Waals surface area (Å²) in [5.74, 6) is 0.225. The molecule has 28 heavy (non-hydrogen) atoms. The van der Waals surface area contributed by atoms with E-state index in [1.165, 1.54) is 5.69 Å². The lowest BCUT2D eigenvalue weighted by Gasteiger charge is -2.23. The average molecular weight is 377 g/mol. The fourth-order valence-corrected chi connectivity index (χ4v) is 4.60. The van der Waals surface area contributed by atoms with Gasteiger partial charge in [0, 0.05) is 54.4 Å². The van der Waals surface area contributed by atoms with Crippen molar-refractivity contribution < 1.29 is 9.90 Å². The Labute approximate surface area is 163 Å². The molecule has 1 spiro atoms. The van der Waals surface area contributed by atoms with Gasteiger partial charge in [-0.25, -0.2) is 4.79 Å². The zero-order valence-electron chi connectivity index (χ0n) is 15.9. The fourth-order valence-electron chi connectivity index (χ4n) is 4.60. The Morgan fingerprint density at radius 1 is 1.29 bits per heavy atom. The monoisotopic (exact) mass is 377 g/mol. The van der Waals surface area contributed by atoms with Crippen LogP contribution in [0.25, 0.3) is 22.2 Å². The first-order chi connectivity index (χ1) is 13.6. The van der Waals surface area contributed by atoms with Crippen molar-refractivity contribution in [3.05, 3.63) is 42.2 Å². The second kappa shape index (κ2) is 6.22. The number of pyridine rings is 1. The first-order valence-electron chi connectivity index (χ1n) is 9.79. The van der Waals surface area contributed by atoms with E-state index in [9.17, 15) is 9.90 Å². The zero-order valence-corrected chi connectivity index (χ0v) is 15.9. The number of nitrogens with one attached hydrogen (secondary N) is 1. The van der Waals surface area contributed by atoms with Gasteiger partial charge in [0.1, 0.15) is 5.75 Å². The molecule has 2 amide bonds. The van der Waals surface area contributed by atoms with E-state index in [-0.39, 0.29) is 17.2 Å². The molecule has 1 atom stereocenters. The number of hydrogen-bond acceptors (Lipinski definition) is 4. The van der Waals surface area contributed by atoms with Gasteiger partial charge in [-0.05, 0) is 44.0 Å². The van der Waals surface area contributed by atoms with E-state index >= 15 is 0 Å². The number of fused-ring (bicyclic) bond motifs is 3. The quantitative estimate of drug-likeness (QED) is 0.719. The number of likely N-dealkylation sites (tertiary alicyclic amines) is 1. The molecule has 0 aliphatic carbocycles. The predicted molar refractivity (Wildman–Crippen MR) is 106 cm³/mol. The molecule has 7 heteroatoms. The van der Waals surface area contributed by atoms with Crippen LogP contribution < -0.4 is 5.32 Å². The standard InChI is InChI=1S/C21H23N5O2/c1-2-22-20(28)25-8-6-21(13-25)7-9-26-19(21)11-17(24-26)14-10-15-16(23-12-14)4-3-5-18(15)27/h3-5,10-12,27H,2,6-9,13H2,1H3,(H,22,28). The molecule has 2 N–H and O–H groups in total. The van der Waals surface area contributed by atoms with Crippen LogP contribution >= 0.6 is 0 Å². The van der Waals surface area contributed by atoms with Gasteiger partial charge in [-0.1, -0.05) is 6.07 Å². The highest BCUT2D eigenvalue weighted by Gasteiger charge is 2.46. The number of aromatic hydroxyl groups is 1. The lowest BCUT2D eigenvalue weighted by molar-refractivity contribution is 0.206. The first-order valence-corrected chi connectivity index (χ1v) is 9.79. The third-order valence-electron chi connectivity index (χ3n) is 6.09. The van der Waals surface area contributed by atoms with E-state index < -0.39 is 0 Å². The van der Waals surface area contributed by atoms with Crippen LogP contribution in [0.15, 0.2) is 36.5 Å². The van der Waals surface area contributed by atoms with Crippen LogP contribution in [0.5, 0.6) is 5.75 Å².